The number of hydrogen-bond donors (Lipinski definition) is 3. The average Bonchev–Trinajstić information content (AvgIpc) is 2.75. The Bertz CT molecular complexity index is 351. The van der Waals surface area contributed by atoms with Gasteiger partial charge in [0.15, 0.2) is 0 Å². The van der Waals surface area contributed by atoms with Gasteiger partial charge in [-0.25, -0.2) is 0 Å². The second kappa shape index (κ2) is 5.05. The normalized spacial score (nSPS) is 28.6. The van der Waals surface area contributed by atoms with Crippen LogP contribution in [0.15, 0.2) is 0 Å². The number of hydrogen-bond acceptors (Lipinski definition) is 3. The Morgan fingerprint density at radius 1 is 1.56 bits per heavy atom. The number of aliphatic carboxylic acids is 1. The van der Waals surface area contributed by atoms with Crippen molar-refractivity contribution in [1.29, 1.82) is 0 Å². The lowest BCUT2D eigenvalue weighted by Crippen LogP contribution is -2.47. The van der Waals surface area contributed by atoms with Crippen LogP contribution >= 0.6 is 12.4 Å². The summed E-state index contributed by atoms with van der Waals surface area (Å²) in [6.45, 7) is 1.47. The van der Waals surface area contributed by atoms with Gasteiger partial charge in [0.25, 0.3) is 0 Å². The van der Waals surface area contributed by atoms with E-state index in [1.54, 1.807) is 0 Å². The molecule has 2 rings (SSSR count). The zero-order valence-corrected chi connectivity index (χ0v) is 11.4. The van der Waals surface area contributed by atoms with Crippen molar-refractivity contribution >= 4 is 24.3 Å². The molecule has 5 nitrogen and oxygen atoms in total. The fraction of sp³-hybridized carbons (Fsp3) is 0.833. The molecule has 1 amide bonds. The molecule has 2 atom stereocenters. The first kappa shape index (κ1) is 15.2. The van der Waals surface area contributed by atoms with Crippen LogP contribution in [-0.4, -0.2) is 28.1 Å². The van der Waals surface area contributed by atoms with Gasteiger partial charge in [0.05, 0.1) is 0 Å². The van der Waals surface area contributed by atoms with E-state index in [2.05, 4.69) is 5.32 Å². The molecule has 18 heavy (non-hydrogen) atoms. The zero-order chi connectivity index (χ0) is 12.7. The number of carbonyl (C=O) groups excluding carboxylic acids is 1. The van der Waals surface area contributed by atoms with Crippen molar-refractivity contribution < 1.29 is 14.7 Å². The standard InChI is InChI=1S/C12H20N2O3.ClH/c1-11(13,10(16)17)6-8-7-12(14-9(8)15)4-2-3-5-12;/h8H,2-7,13H2,1H3,(H,14,15)(H,16,17);1H. The summed E-state index contributed by atoms with van der Waals surface area (Å²) >= 11 is 0. The Morgan fingerprint density at radius 2 is 2.11 bits per heavy atom. The highest BCUT2D eigenvalue weighted by atomic mass is 35.5. The second-order valence-electron chi connectivity index (χ2n) is 5.80. The molecule has 0 radical (unpaired) electrons. The zero-order valence-electron chi connectivity index (χ0n) is 10.6. The number of carboxylic acids is 1. The summed E-state index contributed by atoms with van der Waals surface area (Å²) in [6, 6.07) is 0. The highest BCUT2D eigenvalue weighted by Gasteiger charge is 2.47. The van der Waals surface area contributed by atoms with E-state index in [1.807, 2.05) is 0 Å². The molecule has 1 heterocycles. The van der Waals surface area contributed by atoms with Gasteiger partial charge in [0.2, 0.25) is 5.91 Å². The molecule has 0 bridgehead atoms. The third-order valence-corrected chi connectivity index (χ3v) is 4.12. The van der Waals surface area contributed by atoms with Crippen LogP contribution in [0, 0.1) is 5.92 Å². The monoisotopic (exact) mass is 276 g/mol. The summed E-state index contributed by atoms with van der Waals surface area (Å²) in [5, 5.41) is 12.0. The number of nitrogens with one attached hydrogen (secondary N) is 1. The third-order valence-electron chi connectivity index (χ3n) is 4.12. The van der Waals surface area contributed by atoms with Crippen LogP contribution in [0.25, 0.3) is 0 Å². The molecule has 2 unspecified atom stereocenters. The van der Waals surface area contributed by atoms with Gasteiger partial charge >= 0.3 is 5.97 Å². The van der Waals surface area contributed by atoms with Crippen LogP contribution in [0.4, 0.5) is 0 Å². The van der Waals surface area contributed by atoms with Crippen molar-refractivity contribution in [2.24, 2.45) is 11.7 Å². The van der Waals surface area contributed by atoms with E-state index < -0.39 is 11.5 Å². The molecule has 1 saturated heterocycles. The maximum Gasteiger partial charge on any atom is 0.323 e. The molecule has 1 saturated carbocycles. The van der Waals surface area contributed by atoms with Crippen LogP contribution in [-0.2, 0) is 9.59 Å². The van der Waals surface area contributed by atoms with Gasteiger partial charge in [-0.15, -0.1) is 12.4 Å². The molecule has 1 spiro atoms. The summed E-state index contributed by atoms with van der Waals surface area (Å²) in [6.07, 6.45) is 5.28. The summed E-state index contributed by atoms with van der Waals surface area (Å²) in [5.41, 5.74) is 4.34. The van der Waals surface area contributed by atoms with Crippen molar-refractivity contribution in [1.82, 2.24) is 5.32 Å². The van der Waals surface area contributed by atoms with Crippen LogP contribution in [0.2, 0.25) is 0 Å². The highest BCUT2D eigenvalue weighted by Crippen LogP contribution is 2.41. The van der Waals surface area contributed by atoms with Crippen molar-refractivity contribution in [3.05, 3.63) is 0 Å². The fourth-order valence-electron chi connectivity index (χ4n) is 3.12. The van der Waals surface area contributed by atoms with Gasteiger partial charge < -0.3 is 16.2 Å². The highest BCUT2D eigenvalue weighted by molar-refractivity contribution is 5.85. The smallest absolute Gasteiger partial charge is 0.323 e. The largest absolute Gasteiger partial charge is 0.480 e. The first-order valence-electron chi connectivity index (χ1n) is 6.19. The Balaban J connectivity index is 0.00000162. The molecule has 1 aliphatic carbocycles. The summed E-state index contributed by atoms with van der Waals surface area (Å²) in [4.78, 5) is 22.8. The predicted molar refractivity (Wildman–Crippen MR) is 69.5 cm³/mol. The Morgan fingerprint density at radius 3 is 2.61 bits per heavy atom. The number of carbonyl (C=O) groups is 2. The van der Waals surface area contributed by atoms with Gasteiger partial charge in [-0.2, -0.15) is 0 Å². The minimum Gasteiger partial charge on any atom is -0.480 e. The first-order valence-corrected chi connectivity index (χ1v) is 6.19. The van der Waals surface area contributed by atoms with Crippen molar-refractivity contribution in [3.8, 4) is 0 Å². The lowest BCUT2D eigenvalue weighted by molar-refractivity contribution is -0.143. The van der Waals surface area contributed by atoms with Crippen molar-refractivity contribution in [2.75, 3.05) is 0 Å². The lowest BCUT2D eigenvalue weighted by Gasteiger charge is -2.24. The first-order chi connectivity index (χ1) is 7.85. The third kappa shape index (κ3) is 2.78. The Kier molecular flexibility index (Phi) is 4.28. The van der Waals surface area contributed by atoms with E-state index in [0.717, 1.165) is 32.1 Å². The predicted octanol–water partition coefficient (Wildman–Crippen LogP) is 1.05. The van der Waals surface area contributed by atoms with Gasteiger partial charge in [-0.3, -0.25) is 9.59 Å². The SMILES string of the molecule is CC(N)(CC1CC2(CCCC2)NC1=O)C(=O)O.Cl. The number of amides is 1. The van der Waals surface area contributed by atoms with E-state index in [-0.39, 0.29) is 36.2 Å². The quantitative estimate of drug-likeness (QED) is 0.718. The van der Waals surface area contributed by atoms with E-state index in [9.17, 15) is 9.59 Å². The van der Waals surface area contributed by atoms with E-state index in [1.165, 1.54) is 6.92 Å². The number of carboxylic acid groups (broad SMARTS) is 1. The molecule has 0 aromatic heterocycles. The Labute approximate surface area is 113 Å². The molecule has 0 aromatic rings. The summed E-state index contributed by atoms with van der Waals surface area (Å²) in [5.74, 6) is -1.32. The molecule has 6 heteroatoms. The second-order valence-corrected chi connectivity index (χ2v) is 5.80. The minimum atomic E-state index is -1.31. The molecule has 0 aromatic carbocycles. The van der Waals surface area contributed by atoms with Crippen LogP contribution < -0.4 is 11.1 Å². The molecule has 4 N–H and O–H groups in total. The maximum absolute atomic E-state index is 11.9. The van der Waals surface area contributed by atoms with Crippen LogP contribution in [0.5, 0.6) is 0 Å². The topological polar surface area (TPSA) is 92.4 Å². The van der Waals surface area contributed by atoms with E-state index in [4.69, 9.17) is 10.8 Å². The fourth-order valence-corrected chi connectivity index (χ4v) is 3.12. The van der Waals surface area contributed by atoms with E-state index in [0.29, 0.717) is 0 Å². The average molecular weight is 277 g/mol. The van der Waals surface area contributed by atoms with Crippen LogP contribution in [0.3, 0.4) is 0 Å². The summed E-state index contributed by atoms with van der Waals surface area (Å²) < 4.78 is 0. The minimum absolute atomic E-state index is 0. The number of nitrogens with two attached hydrogens (primary N) is 1. The molecule has 2 fully saturated rings. The molecular formula is C12H21ClN2O3. The number of rotatable bonds is 3. The molecule has 104 valence electrons. The van der Waals surface area contributed by atoms with E-state index >= 15 is 0 Å². The van der Waals surface area contributed by atoms with Crippen molar-refractivity contribution in [3.63, 3.8) is 0 Å². The molecule has 1 aliphatic heterocycles. The van der Waals surface area contributed by atoms with Gasteiger partial charge in [0, 0.05) is 11.5 Å². The Hall–Kier alpha value is -0.810. The maximum atomic E-state index is 11.9. The molecule has 2 aliphatic rings. The van der Waals surface area contributed by atoms with Gasteiger partial charge in [0.1, 0.15) is 5.54 Å². The number of halogens is 1. The van der Waals surface area contributed by atoms with Gasteiger partial charge in [-0.05, 0) is 32.6 Å². The van der Waals surface area contributed by atoms with Crippen molar-refractivity contribution in [2.45, 2.75) is 56.5 Å². The molecular weight excluding hydrogens is 256 g/mol. The van der Waals surface area contributed by atoms with Gasteiger partial charge in [-0.1, -0.05) is 12.8 Å². The van der Waals surface area contributed by atoms with Crippen LogP contribution in [0.1, 0.15) is 45.4 Å². The summed E-state index contributed by atoms with van der Waals surface area (Å²) in [7, 11) is 0. The lowest BCUT2D eigenvalue weighted by atomic mass is 9.84.